The van der Waals surface area contributed by atoms with E-state index in [-0.39, 0.29) is 11.8 Å². The van der Waals surface area contributed by atoms with Gasteiger partial charge in [-0.05, 0) is 31.4 Å². The van der Waals surface area contributed by atoms with Crippen LogP contribution in [0.5, 0.6) is 0 Å². The Morgan fingerprint density at radius 2 is 2.05 bits per heavy atom. The highest BCUT2D eigenvalue weighted by Gasteiger charge is 2.25. The number of rotatable bonds is 2. The number of nitrogens with zero attached hydrogens (tertiary/aromatic N) is 1. The number of thiophene rings is 1. The number of fused-ring (bicyclic) bond motifs is 1. The molecular formula is C16H21N3OS. The highest BCUT2D eigenvalue weighted by Crippen LogP contribution is 2.35. The molecule has 112 valence electrons. The number of hydrogen-bond acceptors (Lipinski definition) is 4. The van der Waals surface area contributed by atoms with Crippen molar-refractivity contribution in [3.63, 3.8) is 0 Å². The monoisotopic (exact) mass is 303 g/mol. The predicted octanol–water partition coefficient (Wildman–Crippen LogP) is 3.17. The van der Waals surface area contributed by atoms with Gasteiger partial charge in [-0.2, -0.15) is 5.26 Å². The highest BCUT2D eigenvalue weighted by atomic mass is 32.1. The molecule has 2 aliphatic rings. The van der Waals surface area contributed by atoms with E-state index in [1.54, 1.807) is 11.3 Å². The molecule has 1 aromatic rings. The number of nitrogens with one attached hydrogen (secondary N) is 2. The lowest BCUT2D eigenvalue weighted by atomic mass is 9.99. The topological polar surface area (TPSA) is 64.9 Å². The van der Waals surface area contributed by atoms with Crippen LogP contribution in [0.15, 0.2) is 0 Å². The first-order valence-electron chi connectivity index (χ1n) is 7.86. The Labute approximate surface area is 129 Å². The second-order valence-electron chi connectivity index (χ2n) is 5.92. The van der Waals surface area contributed by atoms with Crippen LogP contribution in [0.3, 0.4) is 0 Å². The van der Waals surface area contributed by atoms with E-state index in [2.05, 4.69) is 16.7 Å². The molecule has 0 spiro atoms. The third kappa shape index (κ3) is 3.12. The molecule has 1 aliphatic carbocycles. The fourth-order valence-electron chi connectivity index (χ4n) is 3.30. The van der Waals surface area contributed by atoms with Gasteiger partial charge in [0.25, 0.3) is 0 Å². The van der Waals surface area contributed by atoms with E-state index in [0.717, 1.165) is 55.8 Å². The number of carbonyl (C=O) groups is 1. The molecular weight excluding hydrogens is 282 g/mol. The van der Waals surface area contributed by atoms with Crippen LogP contribution in [-0.2, 0) is 17.8 Å². The van der Waals surface area contributed by atoms with Gasteiger partial charge in [0.15, 0.2) is 0 Å². The number of anilines is 1. The van der Waals surface area contributed by atoms with Crippen molar-refractivity contribution < 1.29 is 4.79 Å². The molecule has 0 aromatic carbocycles. The molecule has 2 heterocycles. The lowest BCUT2D eigenvalue weighted by molar-refractivity contribution is -0.120. The first-order chi connectivity index (χ1) is 10.3. The zero-order valence-electron chi connectivity index (χ0n) is 12.2. The van der Waals surface area contributed by atoms with Crippen LogP contribution in [0.1, 0.15) is 54.5 Å². The normalized spacial score (nSPS) is 19.4. The second kappa shape index (κ2) is 6.59. The summed E-state index contributed by atoms with van der Waals surface area (Å²) in [7, 11) is 0. The van der Waals surface area contributed by atoms with Gasteiger partial charge in [0.2, 0.25) is 5.91 Å². The van der Waals surface area contributed by atoms with Crippen molar-refractivity contribution in [2.75, 3.05) is 11.9 Å². The van der Waals surface area contributed by atoms with Gasteiger partial charge in [-0.3, -0.25) is 4.79 Å². The Morgan fingerprint density at radius 3 is 2.76 bits per heavy atom. The fraction of sp³-hybridized carbons (Fsp3) is 0.625. The average Bonchev–Trinajstić information content (AvgIpc) is 2.67. The van der Waals surface area contributed by atoms with Gasteiger partial charge in [-0.1, -0.05) is 25.7 Å². The van der Waals surface area contributed by atoms with Crippen molar-refractivity contribution in [3.8, 4) is 6.07 Å². The van der Waals surface area contributed by atoms with Gasteiger partial charge in [0.05, 0.1) is 5.56 Å². The Morgan fingerprint density at radius 1 is 1.29 bits per heavy atom. The first-order valence-corrected chi connectivity index (χ1v) is 8.67. The molecule has 1 aliphatic heterocycles. The lowest BCUT2D eigenvalue weighted by Crippen LogP contribution is -2.23. The van der Waals surface area contributed by atoms with E-state index < -0.39 is 0 Å². The highest BCUT2D eigenvalue weighted by molar-refractivity contribution is 7.16. The maximum atomic E-state index is 12.5. The third-order valence-corrected chi connectivity index (χ3v) is 5.65. The summed E-state index contributed by atoms with van der Waals surface area (Å²) in [4.78, 5) is 13.7. The number of amides is 1. The summed E-state index contributed by atoms with van der Waals surface area (Å²) < 4.78 is 0. The molecule has 4 nitrogen and oxygen atoms in total. The van der Waals surface area contributed by atoms with Crippen molar-refractivity contribution in [2.45, 2.75) is 51.5 Å². The summed E-state index contributed by atoms with van der Waals surface area (Å²) in [6.07, 6.45) is 7.63. The van der Waals surface area contributed by atoms with Crippen molar-refractivity contribution in [1.29, 1.82) is 5.26 Å². The molecule has 1 amide bonds. The van der Waals surface area contributed by atoms with Crippen LogP contribution in [0.4, 0.5) is 5.00 Å². The SMILES string of the molecule is N#Cc1c(NC(=O)C2CCCCCC2)sc2c1CCNC2. The minimum absolute atomic E-state index is 0.111. The molecule has 21 heavy (non-hydrogen) atoms. The molecule has 0 bridgehead atoms. The third-order valence-electron chi connectivity index (χ3n) is 4.50. The molecule has 1 saturated carbocycles. The Bertz CT molecular complexity index is 565. The van der Waals surface area contributed by atoms with Gasteiger partial charge in [-0.15, -0.1) is 11.3 Å². The summed E-state index contributed by atoms with van der Waals surface area (Å²) in [5.74, 6) is 0.233. The molecule has 1 fully saturated rings. The van der Waals surface area contributed by atoms with Gasteiger partial charge < -0.3 is 10.6 Å². The van der Waals surface area contributed by atoms with E-state index in [0.29, 0.717) is 5.56 Å². The van der Waals surface area contributed by atoms with E-state index >= 15 is 0 Å². The second-order valence-corrected chi connectivity index (χ2v) is 7.03. The number of carbonyl (C=O) groups excluding carboxylic acids is 1. The maximum Gasteiger partial charge on any atom is 0.228 e. The van der Waals surface area contributed by atoms with Crippen LogP contribution in [0.2, 0.25) is 0 Å². The maximum absolute atomic E-state index is 12.5. The summed E-state index contributed by atoms with van der Waals surface area (Å²) in [5.41, 5.74) is 1.83. The quantitative estimate of drug-likeness (QED) is 0.825. The Balaban J connectivity index is 1.76. The van der Waals surface area contributed by atoms with Gasteiger partial charge in [0.1, 0.15) is 11.1 Å². The molecule has 3 rings (SSSR count). The smallest absolute Gasteiger partial charge is 0.228 e. The standard InChI is InChI=1S/C16H21N3OS/c17-9-13-12-7-8-18-10-14(12)21-16(13)19-15(20)11-5-3-1-2-4-6-11/h11,18H,1-8,10H2,(H,19,20). The zero-order chi connectivity index (χ0) is 14.7. The van der Waals surface area contributed by atoms with E-state index in [9.17, 15) is 10.1 Å². The average molecular weight is 303 g/mol. The summed E-state index contributed by atoms with van der Waals surface area (Å²) in [6.45, 7) is 1.72. The van der Waals surface area contributed by atoms with Crippen molar-refractivity contribution in [3.05, 3.63) is 16.0 Å². The lowest BCUT2D eigenvalue weighted by Gasteiger charge is -2.13. The predicted molar refractivity (Wildman–Crippen MR) is 84.3 cm³/mol. The number of hydrogen-bond donors (Lipinski definition) is 2. The summed E-state index contributed by atoms with van der Waals surface area (Å²) >= 11 is 1.57. The van der Waals surface area contributed by atoms with Crippen molar-refractivity contribution >= 4 is 22.2 Å². The Hall–Kier alpha value is -1.38. The van der Waals surface area contributed by atoms with Gasteiger partial charge in [-0.25, -0.2) is 0 Å². The van der Waals surface area contributed by atoms with E-state index in [4.69, 9.17) is 0 Å². The van der Waals surface area contributed by atoms with Crippen molar-refractivity contribution in [1.82, 2.24) is 5.32 Å². The molecule has 2 N–H and O–H groups in total. The molecule has 0 radical (unpaired) electrons. The molecule has 0 unspecified atom stereocenters. The molecule has 0 saturated heterocycles. The molecule has 5 heteroatoms. The van der Waals surface area contributed by atoms with Crippen LogP contribution >= 0.6 is 11.3 Å². The minimum Gasteiger partial charge on any atom is -0.316 e. The van der Waals surface area contributed by atoms with E-state index in [1.807, 2.05) is 0 Å². The largest absolute Gasteiger partial charge is 0.316 e. The molecule has 1 aromatic heterocycles. The first kappa shape index (κ1) is 14.6. The van der Waals surface area contributed by atoms with Crippen LogP contribution in [0.25, 0.3) is 0 Å². The Kier molecular flexibility index (Phi) is 4.57. The van der Waals surface area contributed by atoms with Crippen molar-refractivity contribution in [2.24, 2.45) is 5.92 Å². The van der Waals surface area contributed by atoms with Gasteiger partial charge >= 0.3 is 0 Å². The van der Waals surface area contributed by atoms with E-state index in [1.165, 1.54) is 17.7 Å². The summed E-state index contributed by atoms with van der Waals surface area (Å²) in [6, 6.07) is 2.29. The minimum atomic E-state index is 0.111. The van der Waals surface area contributed by atoms with Crippen LogP contribution in [-0.4, -0.2) is 12.5 Å². The molecule has 0 atom stereocenters. The fourth-order valence-corrected chi connectivity index (χ4v) is 4.47. The summed E-state index contributed by atoms with van der Waals surface area (Å²) in [5, 5.41) is 16.5. The van der Waals surface area contributed by atoms with Crippen LogP contribution < -0.4 is 10.6 Å². The zero-order valence-corrected chi connectivity index (χ0v) is 13.0. The number of nitriles is 1. The van der Waals surface area contributed by atoms with Gasteiger partial charge in [0, 0.05) is 17.3 Å². The van der Waals surface area contributed by atoms with Crippen LogP contribution in [0, 0.1) is 17.2 Å².